The van der Waals surface area contributed by atoms with E-state index in [1.807, 2.05) is 35.0 Å². The minimum absolute atomic E-state index is 0.406. The largest absolute Gasteiger partial charge is 0.387 e. The number of likely N-dealkylation sites (tertiary alicyclic amines) is 1. The van der Waals surface area contributed by atoms with Gasteiger partial charge in [0.25, 0.3) is 0 Å². The second-order valence-electron chi connectivity index (χ2n) is 5.81. The van der Waals surface area contributed by atoms with Crippen LogP contribution in [-0.4, -0.2) is 44.4 Å². The first-order chi connectivity index (χ1) is 10.3. The van der Waals surface area contributed by atoms with E-state index < -0.39 is 6.10 Å². The highest BCUT2D eigenvalue weighted by Crippen LogP contribution is 2.21. The average molecular weight is 286 g/mol. The summed E-state index contributed by atoms with van der Waals surface area (Å²) in [6.45, 7) is 3.71. The van der Waals surface area contributed by atoms with Crippen molar-refractivity contribution in [3.05, 3.63) is 48.5 Å². The molecule has 0 spiro atoms. The van der Waals surface area contributed by atoms with E-state index in [-0.39, 0.29) is 0 Å². The summed E-state index contributed by atoms with van der Waals surface area (Å²) in [4.78, 5) is 6.36. The molecule has 0 bridgehead atoms. The van der Waals surface area contributed by atoms with Crippen molar-refractivity contribution in [1.82, 2.24) is 19.7 Å². The number of nitrogens with zero attached hydrogens (tertiary/aromatic N) is 4. The third kappa shape index (κ3) is 3.89. The van der Waals surface area contributed by atoms with Crippen molar-refractivity contribution in [2.45, 2.75) is 25.5 Å². The van der Waals surface area contributed by atoms with Crippen molar-refractivity contribution >= 4 is 0 Å². The molecule has 2 heterocycles. The fourth-order valence-corrected chi connectivity index (χ4v) is 3.08. The molecule has 1 aromatic carbocycles. The normalized spacial score (nSPS) is 21.3. The van der Waals surface area contributed by atoms with Gasteiger partial charge in [-0.2, -0.15) is 5.10 Å². The molecule has 5 heteroatoms. The zero-order valence-electron chi connectivity index (χ0n) is 12.2. The van der Waals surface area contributed by atoms with E-state index in [4.69, 9.17) is 0 Å². The van der Waals surface area contributed by atoms with Gasteiger partial charge >= 0.3 is 0 Å². The number of aliphatic hydroxyl groups is 1. The Labute approximate surface area is 125 Å². The quantitative estimate of drug-likeness (QED) is 0.909. The van der Waals surface area contributed by atoms with E-state index in [0.29, 0.717) is 12.5 Å². The Morgan fingerprint density at radius 3 is 2.90 bits per heavy atom. The van der Waals surface area contributed by atoms with Crippen LogP contribution in [0.4, 0.5) is 0 Å². The maximum Gasteiger partial charge on any atom is 0.137 e. The summed E-state index contributed by atoms with van der Waals surface area (Å²) < 4.78 is 1.90. The van der Waals surface area contributed by atoms with E-state index in [9.17, 15) is 5.11 Å². The van der Waals surface area contributed by atoms with Crippen LogP contribution < -0.4 is 0 Å². The lowest BCUT2D eigenvalue weighted by Crippen LogP contribution is -2.39. The highest BCUT2D eigenvalue weighted by molar-refractivity contribution is 5.17. The van der Waals surface area contributed by atoms with Crippen LogP contribution in [0.5, 0.6) is 0 Å². The van der Waals surface area contributed by atoms with Gasteiger partial charge in [0.15, 0.2) is 0 Å². The van der Waals surface area contributed by atoms with Gasteiger partial charge in [-0.1, -0.05) is 30.3 Å². The molecule has 21 heavy (non-hydrogen) atoms. The summed E-state index contributed by atoms with van der Waals surface area (Å²) in [5.41, 5.74) is 0.996. The van der Waals surface area contributed by atoms with Crippen molar-refractivity contribution in [2.75, 3.05) is 19.6 Å². The molecule has 0 unspecified atom stereocenters. The Balaban J connectivity index is 1.54. The number of rotatable bonds is 5. The van der Waals surface area contributed by atoms with Crippen molar-refractivity contribution in [2.24, 2.45) is 5.92 Å². The van der Waals surface area contributed by atoms with Gasteiger partial charge in [0, 0.05) is 19.6 Å². The molecule has 2 aromatic rings. The first-order valence-corrected chi connectivity index (χ1v) is 7.59. The molecule has 112 valence electrons. The van der Waals surface area contributed by atoms with Crippen molar-refractivity contribution in [1.29, 1.82) is 0 Å². The molecule has 1 aromatic heterocycles. The minimum atomic E-state index is -0.406. The number of aliphatic hydroxyl groups excluding tert-OH is 1. The summed E-state index contributed by atoms with van der Waals surface area (Å²) in [6.07, 6.45) is 5.35. The van der Waals surface area contributed by atoms with Crippen LogP contribution in [0.1, 0.15) is 24.5 Å². The topological polar surface area (TPSA) is 54.2 Å². The smallest absolute Gasteiger partial charge is 0.137 e. The third-order valence-corrected chi connectivity index (χ3v) is 4.13. The Bertz CT molecular complexity index is 528. The second-order valence-corrected chi connectivity index (χ2v) is 5.81. The van der Waals surface area contributed by atoms with E-state index in [1.54, 1.807) is 12.7 Å². The summed E-state index contributed by atoms with van der Waals surface area (Å²) in [5, 5.41) is 14.5. The SMILES string of the molecule is O[C@H](CN1CCC[C@H](Cn2cncn2)C1)c1ccccc1. The van der Waals surface area contributed by atoms with E-state index in [1.165, 1.54) is 12.8 Å². The van der Waals surface area contributed by atoms with Gasteiger partial charge in [-0.25, -0.2) is 4.98 Å². The summed E-state index contributed by atoms with van der Waals surface area (Å²) in [5.74, 6) is 0.587. The number of aromatic nitrogens is 3. The van der Waals surface area contributed by atoms with Crippen molar-refractivity contribution in [3.63, 3.8) is 0 Å². The molecule has 5 nitrogen and oxygen atoms in total. The zero-order chi connectivity index (χ0) is 14.5. The standard InChI is InChI=1S/C16H22N4O/c21-16(15-6-2-1-3-7-15)11-19-8-4-5-14(9-19)10-20-13-17-12-18-20/h1-3,6-7,12-14,16,21H,4-5,8-11H2/t14-,16+/m0/s1. The predicted molar refractivity (Wildman–Crippen MR) is 80.6 cm³/mol. The van der Waals surface area contributed by atoms with Gasteiger partial charge in [-0.05, 0) is 30.9 Å². The molecule has 0 saturated carbocycles. The second kappa shape index (κ2) is 6.83. The number of piperidine rings is 1. The van der Waals surface area contributed by atoms with E-state index in [0.717, 1.165) is 25.2 Å². The van der Waals surface area contributed by atoms with Crippen LogP contribution in [0.2, 0.25) is 0 Å². The Morgan fingerprint density at radius 2 is 2.14 bits per heavy atom. The molecule has 0 aliphatic carbocycles. The highest BCUT2D eigenvalue weighted by Gasteiger charge is 2.22. The van der Waals surface area contributed by atoms with Crippen LogP contribution in [0.3, 0.4) is 0 Å². The molecule has 1 N–H and O–H groups in total. The van der Waals surface area contributed by atoms with Crippen LogP contribution >= 0.6 is 0 Å². The van der Waals surface area contributed by atoms with Gasteiger partial charge in [0.1, 0.15) is 12.7 Å². The average Bonchev–Trinajstić information content (AvgIpc) is 3.01. The van der Waals surface area contributed by atoms with Crippen molar-refractivity contribution in [3.8, 4) is 0 Å². The minimum Gasteiger partial charge on any atom is -0.387 e. The summed E-state index contributed by atoms with van der Waals surface area (Å²) in [6, 6.07) is 9.90. The predicted octanol–water partition coefficient (Wildman–Crippen LogP) is 1.72. The van der Waals surface area contributed by atoms with E-state index >= 15 is 0 Å². The number of benzene rings is 1. The first-order valence-electron chi connectivity index (χ1n) is 7.59. The molecule has 1 aliphatic rings. The Hall–Kier alpha value is -1.72. The summed E-state index contributed by atoms with van der Waals surface area (Å²) in [7, 11) is 0. The lowest BCUT2D eigenvalue weighted by Gasteiger charge is -2.33. The Morgan fingerprint density at radius 1 is 1.29 bits per heavy atom. The molecule has 2 atom stereocenters. The maximum absolute atomic E-state index is 10.3. The molecule has 0 amide bonds. The lowest BCUT2D eigenvalue weighted by atomic mass is 9.97. The number of hydrogen-bond acceptors (Lipinski definition) is 4. The van der Waals surface area contributed by atoms with E-state index in [2.05, 4.69) is 15.0 Å². The molecular weight excluding hydrogens is 264 g/mol. The molecule has 3 rings (SSSR count). The molecule has 0 radical (unpaired) electrons. The highest BCUT2D eigenvalue weighted by atomic mass is 16.3. The molecule has 1 saturated heterocycles. The van der Waals surface area contributed by atoms with Gasteiger partial charge in [-0.15, -0.1) is 0 Å². The number of β-amino-alcohol motifs (C(OH)–C–C–N with tert-alkyl or cyclic N) is 1. The van der Waals surface area contributed by atoms with Crippen LogP contribution in [0.25, 0.3) is 0 Å². The number of hydrogen-bond donors (Lipinski definition) is 1. The monoisotopic (exact) mass is 286 g/mol. The third-order valence-electron chi connectivity index (χ3n) is 4.13. The molecule has 1 aliphatic heterocycles. The molecular formula is C16H22N4O. The van der Waals surface area contributed by atoms with Gasteiger partial charge in [0.05, 0.1) is 6.10 Å². The lowest BCUT2D eigenvalue weighted by molar-refractivity contribution is 0.0800. The van der Waals surface area contributed by atoms with Crippen molar-refractivity contribution < 1.29 is 5.11 Å². The first kappa shape index (κ1) is 14.2. The van der Waals surface area contributed by atoms with Crippen LogP contribution in [0, 0.1) is 5.92 Å². The summed E-state index contributed by atoms with van der Waals surface area (Å²) >= 11 is 0. The zero-order valence-corrected chi connectivity index (χ0v) is 12.2. The van der Waals surface area contributed by atoms with Crippen LogP contribution in [-0.2, 0) is 6.54 Å². The fourth-order valence-electron chi connectivity index (χ4n) is 3.08. The van der Waals surface area contributed by atoms with Crippen LogP contribution in [0.15, 0.2) is 43.0 Å². The maximum atomic E-state index is 10.3. The fraction of sp³-hybridized carbons (Fsp3) is 0.500. The van der Waals surface area contributed by atoms with Gasteiger partial charge in [-0.3, -0.25) is 4.68 Å². The Kier molecular flexibility index (Phi) is 4.62. The van der Waals surface area contributed by atoms with Gasteiger partial charge < -0.3 is 10.0 Å². The van der Waals surface area contributed by atoms with Gasteiger partial charge in [0.2, 0.25) is 0 Å². The molecule has 1 fully saturated rings.